The maximum Gasteiger partial charge on any atom is 0.355 e. The fourth-order valence-electron chi connectivity index (χ4n) is 5.90. The monoisotopic (exact) mass is 604 g/mol. The molecule has 0 bridgehead atoms. The van der Waals surface area contributed by atoms with Gasteiger partial charge < -0.3 is 24.8 Å². The summed E-state index contributed by atoms with van der Waals surface area (Å²) in [5.41, 5.74) is 3.37. The molecule has 43 heavy (non-hydrogen) atoms. The van der Waals surface area contributed by atoms with Crippen LogP contribution < -0.4 is 15.5 Å². The van der Waals surface area contributed by atoms with E-state index in [0.29, 0.717) is 29.0 Å². The number of hydrogen-bond donors (Lipinski definition) is 2. The molecule has 9 heteroatoms. The van der Waals surface area contributed by atoms with Crippen LogP contribution in [0.4, 0.5) is 26.2 Å². The first kappa shape index (κ1) is 30.4. The summed E-state index contributed by atoms with van der Waals surface area (Å²) in [5, 5.41) is 6.75. The van der Waals surface area contributed by atoms with E-state index in [1.54, 1.807) is 6.92 Å². The quantitative estimate of drug-likeness (QED) is 0.187. The number of rotatable bonds is 9. The van der Waals surface area contributed by atoms with Crippen molar-refractivity contribution in [1.82, 2.24) is 4.57 Å². The zero-order valence-corrected chi connectivity index (χ0v) is 25.6. The Labute approximate surface area is 257 Å². The number of para-hydroxylation sites is 1. The van der Waals surface area contributed by atoms with E-state index >= 15 is 0 Å². The number of hydrogen-bond acceptors (Lipinski definition) is 4. The van der Waals surface area contributed by atoms with Gasteiger partial charge in [0.1, 0.15) is 11.5 Å². The molecule has 0 aliphatic heterocycles. The number of halogens is 2. The molecule has 0 unspecified atom stereocenters. The number of nitrogens with one attached hydrogen (secondary N) is 2. The highest BCUT2D eigenvalue weighted by molar-refractivity contribution is 6.30. The molecule has 5 rings (SSSR count). The number of esters is 1. The Balaban J connectivity index is 1.61. The number of carbonyl (C=O) groups is 2. The van der Waals surface area contributed by atoms with Gasteiger partial charge in [-0.15, -0.1) is 0 Å². The van der Waals surface area contributed by atoms with E-state index < -0.39 is 17.8 Å². The molecule has 2 amide bonds. The SMILES string of the molecule is CCOC(=O)c1cc2ccccc2n1-c1ccc(N(CC(C)C)C2CCCCC2)c(NC(=O)Nc2ccc(Cl)cc2F)c1. The van der Waals surface area contributed by atoms with Gasteiger partial charge in [-0.3, -0.25) is 0 Å². The number of aromatic nitrogens is 1. The van der Waals surface area contributed by atoms with Crippen LogP contribution in [-0.2, 0) is 4.74 Å². The van der Waals surface area contributed by atoms with E-state index in [9.17, 15) is 14.0 Å². The van der Waals surface area contributed by atoms with Gasteiger partial charge in [0.05, 0.1) is 29.2 Å². The Kier molecular flexibility index (Phi) is 9.56. The van der Waals surface area contributed by atoms with Gasteiger partial charge in [0.15, 0.2) is 0 Å². The second kappa shape index (κ2) is 13.5. The summed E-state index contributed by atoms with van der Waals surface area (Å²) in [6.45, 7) is 7.21. The molecule has 1 aliphatic rings. The number of fused-ring (bicyclic) bond motifs is 1. The largest absolute Gasteiger partial charge is 0.461 e. The molecule has 1 aromatic heterocycles. The molecule has 1 aliphatic carbocycles. The predicted molar refractivity (Wildman–Crippen MR) is 172 cm³/mol. The van der Waals surface area contributed by atoms with Crippen molar-refractivity contribution < 1.29 is 18.7 Å². The molecule has 2 N–H and O–H groups in total. The van der Waals surface area contributed by atoms with Crippen LogP contribution >= 0.6 is 11.6 Å². The molecule has 0 atom stereocenters. The van der Waals surface area contributed by atoms with Gasteiger partial charge in [-0.05, 0) is 74.2 Å². The zero-order valence-electron chi connectivity index (χ0n) is 24.8. The number of nitrogens with zero attached hydrogens (tertiary/aromatic N) is 2. The third kappa shape index (κ3) is 6.96. The fourth-order valence-corrected chi connectivity index (χ4v) is 6.06. The van der Waals surface area contributed by atoms with Crippen LogP contribution in [0.3, 0.4) is 0 Å². The van der Waals surface area contributed by atoms with Gasteiger partial charge in [0.2, 0.25) is 0 Å². The summed E-state index contributed by atoms with van der Waals surface area (Å²) >= 11 is 5.91. The summed E-state index contributed by atoms with van der Waals surface area (Å²) in [6.07, 6.45) is 5.70. The predicted octanol–water partition coefficient (Wildman–Crippen LogP) is 9.04. The number of benzene rings is 3. The van der Waals surface area contributed by atoms with E-state index in [1.807, 2.05) is 53.1 Å². The number of urea groups is 1. The van der Waals surface area contributed by atoms with Crippen LogP contribution in [0, 0.1) is 11.7 Å². The molecule has 4 aromatic rings. The van der Waals surface area contributed by atoms with Gasteiger partial charge in [-0.2, -0.15) is 0 Å². The molecule has 1 heterocycles. The Morgan fingerprint density at radius 3 is 2.47 bits per heavy atom. The Morgan fingerprint density at radius 2 is 1.74 bits per heavy atom. The smallest absolute Gasteiger partial charge is 0.355 e. The Bertz CT molecular complexity index is 1610. The van der Waals surface area contributed by atoms with Gasteiger partial charge >= 0.3 is 12.0 Å². The Hall–Kier alpha value is -4.04. The minimum Gasteiger partial charge on any atom is -0.461 e. The van der Waals surface area contributed by atoms with E-state index in [0.717, 1.165) is 54.9 Å². The summed E-state index contributed by atoms with van der Waals surface area (Å²) < 4.78 is 21.8. The molecule has 226 valence electrons. The molecule has 0 spiro atoms. The van der Waals surface area contributed by atoms with Gasteiger partial charge in [-0.1, -0.05) is 62.9 Å². The first-order chi connectivity index (χ1) is 20.7. The van der Waals surface area contributed by atoms with Crippen molar-refractivity contribution >= 4 is 51.6 Å². The van der Waals surface area contributed by atoms with Crippen molar-refractivity contribution in [2.24, 2.45) is 5.92 Å². The third-order valence-corrected chi connectivity index (χ3v) is 7.98. The van der Waals surface area contributed by atoms with Gasteiger partial charge in [0, 0.05) is 28.7 Å². The summed E-state index contributed by atoms with van der Waals surface area (Å²) in [4.78, 5) is 28.8. The van der Waals surface area contributed by atoms with E-state index in [1.165, 1.54) is 18.6 Å². The highest BCUT2D eigenvalue weighted by atomic mass is 35.5. The van der Waals surface area contributed by atoms with Crippen LogP contribution in [0.1, 0.15) is 63.4 Å². The summed E-state index contributed by atoms with van der Waals surface area (Å²) in [6, 6.07) is 19.3. The zero-order chi connectivity index (χ0) is 30.5. The summed E-state index contributed by atoms with van der Waals surface area (Å²) in [7, 11) is 0. The van der Waals surface area contributed by atoms with Crippen molar-refractivity contribution in [2.75, 3.05) is 28.7 Å². The highest BCUT2D eigenvalue weighted by Crippen LogP contribution is 2.36. The topological polar surface area (TPSA) is 75.6 Å². The van der Waals surface area contributed by atoms with Gasteiger partial charge in [-0.25, -0.2) is 14.0 Å². The van der Waals surface area contributed by atoms with Crippen LogP contribution in [0.25, 0.3) is 16.6 Å². The highest BCUT2D eigenvalue weighted by Gasteiger charge is 2.26. The van der Waals surface area contributed by atoms with Crippen molar-refractivity contribution in [3.8, 4) is 5.69 Å². The second-order valence-corrected chi connectivity index (χ2v) is 11.8. The van der Waals surface area contributed by atoms with E-state index in [2.05, 4.69) is 29.4 Å². The third-order valence-electron chi connectivity index (χ3n) is 7.75. The van der Waals surface area contributed by atoms with Crippen LogP contribution in [0.2, 0.25) is 5.02 Å². The van der Waals surface area contributed by atoms with Crippen molar-refractivity contribution in [3.05, 3.63) is 83.3 Å². The summed E-state index contributed by atoms with van der Waals surface area (Å²) in [5.74, 6) is -0.676. The number of amides is 2. The number of ether oxygens (including phenoxy) is 1. The lowest BCUT2D eigenvalue weighted by molar-refractivity contribution is 0.0517. The average molecular weight is 605 g/mol. The lowest BCUT2D eigenvalue weighted by Gasteiger charge is -2.38. The maximum atomic E-state index is 14.5. The molecule has 3 aromatic carbocycles. The normalized spacial score (nSPS) is 13.7. The average Bonchev–Trinajstić information content (AvgIpc) is 3.38. The first-order valence-corrected chi connectivity index (χ1v) is 15.3. The molecule has 1 saturated carbocycles. The van der Waals surface area contributed by atoms with Crippen molar-refractivity contribution in [3.63, 3.8) is 0 Å². The molecular formula is C34H38ClFN4O3. The van der Waals surface area contributed by atoms with Crippen LogP contribution in [0.15, 0.2) is 66.7 Å². The van der Waals surface area contributed by atoms with Crippen molar-refractivity contribution in [1.29, 1.82) is 0 Å². The minimum absolute atomic E-state index is 0.0203. The Morgan fingerprint density at radius 1 is 1.00 bits per heavy atom. The number of anilines is 3. The lowest BCUT2D eigenvalue weighted by atomic mass is 9.93. The fraction of sp³-hybridized carbons (Fsp3) is 0.353. The second-order valence-electron chi connectivity index (χ2n) is 11.4. The molecule has 7 nitrogen and oxygen atoms in total. The van der Waals surface area contributed by atoms with E-state index in [4.69, 9.17) is 16.3 Å². The first-order valence-electron chi connectivity index (χ1n) is 15.0. The minimum atomic E-state index is -0.627. The molecule has 0 saturated heterocycles. The van der Waals surface area contributed by atoms with Crippen molar-refractivity contribution in [2.45, 2.75) is 58.9 Å². The van der Waals surface area contributed by atoms with Crippen LogP contribution in [-0.4, -0.2) is 35.8 Å². The van der Waals surface area contributed by atoms with E-state index in [-0.39, 0.29) is 17.3 Å². The molecule has 1 fully saturated rings. The van der Waals surface area contributed by atoms with Gasteiger partial charge in [0.25, 0.3) is 0 Å². The lowest BCUT2D eigenvalue weighted by Crippen LogP contribution is -2.40. The maximum absolute atomic E-state index is 14.5. The van der Waals surface area contributed by atoms with Crippen LogP contribution in [0.5, 0.6) is 0 Å². The standard InChI is InChI=1S/C34H38ClFN4O3/c1-4-43-33(41)32-18-23-10-8-9-13-30(23)40(32)26-15-17-31(39(21-22(2)3)25-11-6-5-7-12-25)29(20-26)38-34(42)37-28-16-14-24(35)19-27(28)36/h8-10,13-20,22,25H,4-7,11-12,21H2,1-3H3,(H2,37,38,42). The molecular weight excluding hydrogens is 567 g/mol. The molecule has 0 radical (unpaired) electrons. The number of carbonyl (C=O) groups excluding carboxylic acids is 2.